The van der Waals surface area contributed by atoms with E-state index in [1.807, 2.05) is 20.1 Å². The molecular weight excluding hydrogens is 364 g/mol. The van der Waals surface area contributed by atoms with Gasteiger partial charge in [-0.05, 0) is 55.9 Å². The Morgan fingerprint density at radius 3 is 2.30 bits per heavy atom. The van der Waals surface area contributed by atoms with E-state index >= 15 is 0 Å². The maximum absolute atomic E-state index is 12.9. The smallest absolute Gasteiger partial charge is 0.328 e. The highest BCUT2D eigenvalue weighted by Gasteiger charge is 2.32. The molecule has 6 nitrogen and oxygen atoms in total. The first-order valence-electron chi connectivity index (χ1n) is 10.0. The highest BCUT2D eigenvalue weighted by Crippen LogP contribution is 2.28. The zero-order valence-electron chi connectivity index (χ0n) is 17.4. The van der Waals surface area contributed by atoms with Crippen molar-refractivity contribution in [1.29, 1.82) is 0 Å². The van der Waals surface area contributed by atoms with Crippen LogP contribution in [0.25, 0.3) is 0 Å². The molecule has 156 valence electrons. The van der Waals surface area contributed by atoms with Gasteiger partial charge in [0.2, 0.25) is 11.8 Å². The molecule has 1 rings (SSSR count). The molecule has 3 atom stereocenters. The summed E-state index contributed by atoms with van der Waals surface area (Å²) < 4.78 is 4.81. The average Bonchev–Trinajstić information content (AvgIpc) is 2.68. The van der Waals surface area contributed by atoms with Crippen LogP contribution in [0.2, 0.25) is 0 Å². The largest absolute Gasteiger partial charge is 0.467 e. The summed E-state index contributed by atoms with van der Waals surface area (Å²) in [5, 5.41) is 5.75. The van der Waals surface area contributed by atoms with Crippen LogP contribution in [0.4, 0.5) is 0 Å². The number of rotatable bonds is 10. The first kappa shape index (κ1) is 23.8. The minimum absolute atomic E-state index is 0.0182. The van der Waals surface area contributed by atoms with Crippen molar-refractivity contribution >= 4 is 29.5 Å². The van der Waals surface area contributed by atoms with Crippen molar-refractivity contribution in [2.24, 2.45) is 17.8 Å². The van der Waals surface area contributed by atoms with Gasteiger partial charge in [-0.3, -0.25) is 9.59 Å². The van der Waals surface area contributed by atoms with E-state index in [1.54, 1.807) is 11.8 Å². The summed E-state index contributed by atoms with van der Waals surface area (Å²) >= 11 is 1.60. The predicted octanol–water partition coefficient (Wildman–Crippen LogP) is 2.75. The summed E-state index contributed by atoms with van der Waals surface area (Å²) in [6.45, 7) is 6.15. The summed E-state index contributed by atoms with van der Waals surface area (Å²) in [5.74, 6) is 0.566. The van der Waals surface area contributed by atoms with Crippen LogP contribution in [0.1, 0.15) is 59.3 Å². The number of carbonyl (C=O) groups excluding carboxylic acids is 3. The number of amides is 2. The first-order valence-corrected chi connectivity index (χ1v) is 11.4. The third kappa shape index (κ3) is 7.72. The van der Waals surface area contributed by atoms with Gasteiger partial charge in [0, 0.05) is 5.92 Å². The zero-order valence-corrected chi connectivity index (χ0v) is 18.2. The monoisotopic (exact) mass is 400 g/mol. The highest BCUT2D eigenvalue weighted by atomic mass is 32.2. The fourth-order valence-corrected chi connectivity index (χ4v) is 3.86. The van der Waals surface area contributed by atoms with Crippen LogP contribution in [0.5, 0.6) is 0 Å². The molecule has 0 heterocycles. The number of esters is 1. The SMILES string of the molecule is CC[C@H](C)[C@H](NC(=O)C1CCC(C)CC1)C(=O)N[C@@H](CCSC)C(=O)OC. The summed E-state index contributed by atoms with van der Waals surface area (Å²) in [6, 6.07) is -1.32. The predicted molar refractivity (Wildman–Crippen MR) is 109 cm³/mol. The van der Waals surface area contributed by atoms with Gasteiger partial charge in [-0.2, -0.15) is 11.8 Å². The van der Waals surface area contributed by atoms with E-state index in [0.717, 1.165) is 37.9 Å². The molecule has 1 aliphatic rings. The Hall–Kier alpha value is -1.24. The van der Waals surface area contributed by atoms with Crippen LogP contribution in [0, 0.1) is 17.8 Å². The van der Waals surface area contributed by atoms with Gasteiger partial charge in [0.15, 0.2) is 0 Å². The van der Waals surface area contributed by atoms with E-state index in [2.05, 4.69) is 17.6 Å². The second kappa shape index (κ2) is 12.3. The second-order valence-corrected chi connectivity index (χ2v) is 8.68. The van der Waals surface area contributed by atoms with Crippen molar-refractivity contribution in [2.45, 2.75) is 71.4 Å². The third-order valence-corrected chi connectivity index (χ3v) is 6.24. The van der Waals surface area contributed by atoms with Gasteiger partial charge in [-0.1, -0.05) is 27.2 Å². The Balaban J connectivity index is 2.77. The third-order valence-electron chi connectivity index (χ3n) is 5.59. The van der Waals surface area contributed by atoms with E-state index < -0.39 is 18.1 Å². The fourth-order valence-electron chi connectivity index (χ4n) is 3.38. The van der Waals surface area contributed by atoms with Crippen LogP contribution < -0.4 is 10.6 Å². The first-order chi connectivity index (χ1) is 12.8. The molecule has 7 heteroatoms. The topological polar surface area (TPSA) is 84.5 Å². The number of carbonyl (C=O) groups is 3. The Labute approximate surface area is 167 Å². The Morgan fingerprint density at radius 2 is 1.78 bits per heavy atom. The lowest BCUT2D eigenvalue weighted by molar-refractivity contribution is -0.145. The highest BCUT2D eigenvalue weighted by molar-refractivity contribution is 7.98. The molecule has 0 aromatic heterocycles. The number of hydrogen-bond donors (Lipinski definition) is 2. The van der Waals surface area contributed by atoms with Gasteiger partial charge >= 0.3 is 5.97 Å². The van der Waals surface area contributed by atoms with Crippen LogP contribution in [0.15, 0.2) is 0 Å². The summed E-state index contributed by atoms with van der Waals surface area (Å²) in [4.78, 5) is 37.6. The molecule has 1 fully saturated rings. The minimum atomic E-state index is -0.686. The molecule has 0 bridgehead atoms. The quantitative estimate of drug-likeness (QED) is 0.551. The molecule has 0 saturated heterocycles. The molecule has 1 aliphatic carbocycles. The number of methoxy groups -OCH3 is 1. The number of thioether (sulfide) groups is 1. The number of nitrogens with one attached hydrogen (secondary N) is 2. The average molecular weight is 401 g/mol. The lowest BCUT2D eigenvalue weighted by Gasteiger charge is -2.30. The summed E-state index contributed by atoms with van der Waals surface area (Å²) in [6.07, 6.45) is 7.06. The number of ether oxygens (including phenoxy) is 1. The van der Waals surface area contributed by atoms with E-state index in [9.17, 15) is 14.4 Å². The molecule has 0 aromatic rings. The van der Waals surface area contributed by atoms with Crippen molar-refractivity contribution < 1.29 is 19.1 Å². The molecule has 1 saturated carbocycles. The van der Waals surface area contributed by atoms with Crippen LogP contribution in [-0.2, 0) is 19.1 Å². The molecule has 0 spiro atoms. The van der Waals surface area contributed by atoms with Gasteiger partial charge in [-0.15, -0.1) is 0 Å². The maximum Gasteiger partial charge on any atom is 0.328 e. The van der Waals surface area contributed by atoms with Gasteiger partial charge in [0.25, 0.3) is 0 Å². The summed E-state index contributed by atoms with van der Waals surface area (Å²) in [7, 11) is 1.32. The van der Waals surface area contributed by atoms with E-state index in [-0.39, 0.29) is 23.7 Å². The van der Waals surface area contributed by atoms with E-state index in [1.165, 1.54) is 7.11 Å². The molecule has 0 radical (unpaired) electrons. The van der Waals surface area contributed by atoms with Crippen molar-refractivity contribution in [3.05, 3.63) is 0 Å². The van der Waals surface area contributed by atoms with Gasteiger partial charge in [-0.25, -0.2) is 4.79 Å². The molecular formula is C20H36N2O4S. The molecule has 0 unspecified atom stereocenters. The summed E-state index contributed by atoms with van der Waals surface area (Å²) in [5.41, 5.74) is 0. The molecule has 0 aliphatic heterocycles. The fraction of sp³-hybridized carbons (Fsp3) is 0.850. The zero-order chi connectivity index (χ0) is 20.4. The van der Waals surface area contributed by atoms with Gasteiger partial charge < -0.3 is 15.4 Å². The minimum Gasteiger partial charge on any atom is -0.467 e. The molecule has 2 amide bonds. The van der Waals surface area contributed by atoms with E-state index in [0.29, 0.717) is 12.3 Å². The second-order valence-electron chi connectivity index (χ2n) is 7.69. The lowest BCUT2D eigenvalue weighted by atomic mass is 9.82. The normalized spacial score (nSPS) is 23.0. The van der Waals surface area contributed by atoms with Crippen molar-refractivity contribution in [3.63, 3.8) is 0 Å². The van der Waals surface area contributed by atoms with Gasteiger partial charge in [0.05, 0.1) is 7.11 Å². The van der Waals surface area contributed by atoms with Gasteiger partial charge in [0.1, 0.15) is 12.1 Å². The Morgan fingerprint density at radius 1 is 1.15 bits per heavy atom. The lowest BCUT2D eigenvalue weighted by Crippen LogP contribution is -2.55. The Kier molecular flexibility index (Phi) is 10.8. The van der Waals surface area contributed by atoms with Crippen LogP contribution in [-0.4, -0.2) is 49.0 Å². The number of hydrogen-bond acceptors (Lipinski definition) is 5. The van der Waals surface area contributed by atoms with Crippen LogP contribution in [0.3, 0.4) is 0 Å². The van der Waals surface area contributed by atoms with Crippen molar-refractivity contribution in [1.82, 2.24) is 10.6 Å². The molecule has 2 N–H and O–H groups in total. The van der Waals surface area contributed by atoms with Crippen LogP contribution >= 0.6 is 11.8 Å². The maximum atomic E-state index is 12.9. The molecule has 27 heavy (non-hydrogen) atoms. The van der Waals surface area contributed by atoms with Crippen molar-refractivity contribution in [3.8, 4) is 0 Å². The van der Waals surface area contributed by atoms with Crippen molar-refractivity contribution in [2.75, 3.05) is 19.1 Å². The Bertz CT molecular complexity index is 492. The van der Waals surface area contributed by atoms with E-state index in [4.69, 9.17) is 4.74 Å². The molecule has 0 aromatic carbocycles. The standard InChI is InChI=1S/C20H36N2O4S/c1-6-14(3)17(22-18(23)15-9-7-13(2)8-10-15)19(24)21-16(11-12-27-5)20(25)26-4/h13-17H,6-12H2,1-5H3,(H,21,24)(H,22,23)/t13?,14-,15?,16-,17-/m0/s1.